The molecular weight excluding hydrogens is 330 g/mol. The first-order valence-electron chi connectivity index (χ1n) is 7.18. The van der Waals surface area contributed by atoms with E-state index in [9.17, 15) is 0 Å². The number of halogens is 1. The molecule has 0 aliphatic carbocycles. The molecule has 0 aliphatic heterocycles. The summed E-state index contributed by atoms with van der Waals surface area (Å²) in [7, 11) is 4.73. The number of nitrogens with zero attached hydrogens (tertiary/aromatic N) is 1. The Morgan fingerprint density at radius 2 is 1.67 bits per heavy atom. The van der Waals surface area contributed by atoms with E-state index in [-0.39, 0.29) is 0 Å². The summed E-state index contributed by atoms with van der Waals surface area (Å²) in [6.45, 7) is 0. The molecule has 0 fully saturated rings. The molecule has 0 saturated carbocycles. The molecular formula is C18H16ClNO4. The van der Waals surface area contributed by atoms with Gasteiger partial charge in [-0.1, -0.05) is 11.6 Å². The highest BCUT2D eigenvalue weighted by molar-refractivity contribution is 6.31. The first-order valence-corrected chi connectivity index (χ1v) is 7.56. The lowest BCUT2D eigenvalue weighted by atomic mass is 10.1. The molecule has 1 heterocycles. The van der Waals surface area contributed by atoms with Crippen LogP contribution in [0, 0.1) is 0 Å². The summed E-state index contributed by atoms with van der Waals surface area (Å²) in [5.74, 6) is 2.20. The van der Waals surface area contributed by atoms with E-state index in [0.29, 0.717) is 39.3 Å². The Balaban J connectivity index is 1.95. The van der Waals surface area contributed by atoms with Gasteiger partial charge in [-0.2, -0.15) is 0 Å². The number of rotatable bonds is 5. The van der Waals surface area contributed by atoms with E-state index in [4.69, 9.17) is 30.2 Å². The fourth-order valence-electron chi connectivity index (χ4n) is 2.35. The van der Waals surface area contributed by atoms with Gasteiger partial charge in [0, 0.05) is 11.1 Å². The number of oxazole rings is 1. The molecule has 0 aliphatic rings. The van der Waals surface area contributed by atoms with Gasteiger partial charge >= 0.3 is 0 Å². The summed E-state index contributed by atoms with van der Waals surface area (Å²) >= 11 is 5.96. The number of hydrogen-bond donors (Lipinski definition) is 0. The molecule has 24 heavy (non-hydrogen) atoms. The summed E-state index contributed by atoms with van der Waals surface area (Å²) in [5, 5.41) is 0.621. The zero-order valence-electron chi connectivity index (χ0n) is 13.5. The number of hydrogen-bond acceptors (Lipinski definition) is 5. The lowest BCUT2D eigenvalue weighted by molar-refractivity contribution is 0.324. The summed E-state index contributed by atoms with van der Waals surface area (Å²) in [4.78, 5) is 4.38. The number of methoxy groups -OCH3 is 3. The van der Waals surface area contributed by atoms with Crippen LogP contribution in [0.2, 0.25) is 5.02 Å². The Morgan fingerprint density at radius 3 is 2.29 bits per heavy atom. The molecule has 124 valence electrons. The molecule has 0 amide bonds. The molecule has 5 nitrogen and oxygen atoms in total. The zero-order chi connectivity index (χ0) is 17.1. The second-order valence-corrected chi connectivity index (χ2v) is 5.39. The number of benzene rings is 2. The van der Waals surface area contributed by atoms with E-state index in [1.54, 1.807) is 45.6 Å². The summed E-state index contributed by atoms with van der Waals surface area (Å²) in [6.07, 6.45) is 3.63. The lowest BCUT2D eigenvalue weighted by Crippen LogP contribution is -1.95. The van der Waals surface area contributed by atoms with Gasteiger partial charge in [0.15, 0.2) is 17.1 Å². The highest BCUT2D eigenvalue weighted by Crippen LogP contribution is 2.38. The molecule has 0 atom stereocenters. The Hall–Kier alpha value is -2.66. The van der Waals surface area contributed by atoms with Crippen LogP contribution in [-0.2, 0) is 0 Å². The Labute approximate surface area is 144 Å². The quantitative estimate of drug-likeness (QED) is 0.672. The van der Waals surface area contributed by atoms with Crippen molar-refractivity contribution in [1.82, 2.24) is 4.98 Å². The van der Waals surface area contributed by atoms with Gasteiger partial charge in [-0.05, 0) is 42.0 Å². The molecule has 2 aromatic carbocycles. The van der Waals surface area contributed by atoms with Crippen molar-refractivity contribution in [3.63, 3.8) is 0 Å². The van der Waals surface area contributed by atoms with Crippen LogP contribution < -0.4 is 14.2 Å². The highest BCUT2D eigenvalue weighted by atomic mass is 35.5. The topological polar surface area (TPSA) is 53.7 Å². The van der Waals surface area contributed by atoms with Crippen LogP contribution >= 0.6 is 11.6 Å². The largest absolute Gasteiger partial charge is 0.493 e. The van der Waals surface area contributed by atoms with Gasteiger partial charge in [0.1, 0.15) is 5.52 Å². The first kappa shape index (κ1) is 16.2. The second-order valence-electron chi connectivity index (χ2n) is 4.96. The SMILES string of the molecule is COc1cc(/C=C/c2nc3cc(Cl)ccc3o2)cc(OC)c1OC. The van der Waals surface area contributed by atoms with E-state index in [1.807, 2.05) is 18.2 Å². The maximum atomic E-state index is 5.96. The van der Waals surface area contributed by atoms with Crippen LogP contribution in [-0.4, -0.2) is 26.3 Å². The van der Waals surface area contributed by atoms with Crippen molar-refractivity contribution < 1.29 is 18.6 Å². The minimum Gasteiger partial charge on any atom is -0.493 e. The third-order valence-electron chi connectivity index (χ3n) is 3.47. The smallest absolute Gasteiger partial charge is 0.220 e. The van der Waals surface area contributed by atoms with Gasteiger partial charge < -0.3 is 18.6 Å². The fourth-order valence-corrected chi connectivity index (χ4v) is 2.52. The van der Waals surface area contributed by atoms with Crippen molar-refractivity contribution in [3.05, 3.63) is 46.8 Å². The molecule has 0 unspecified atom stereocenters. The highest BCUT2D eigenvalue weighted by Gasteiger charge is 2.12. The predicted octanol–water partition coefficient (Wildman–Crippen LogP) is 4.68. The van der Waals surface area contributed by atoms with Crippen molar-refractivity contribution in [2.24, 2.45) is 0 Å². The molecule has 0 radical (unpaired) electrons. The van der Waals surface area contributed by atoms with Crippen LogP contribution in [0.5, 0.6) is 17.2 Å². The molecule has 0 saturated heterocycles. The number of ether oxygens (including phenoxy) is 3. The average Bonchev–Trinajstić information content (AvgIpc) is 3.00. The average molecular weight is 346 g/mol. The summed E-state index contributed by atoms with van der Waals surface area (Å²) < 4.78 is 21.6. The molecule has 0 spiro atoms. The second kappa shape index (κ2) is 6.84. The van der Waals surface area contributed by atoms with Crippen molar-refractivity contribution >= 4 is 34.9 Å². The Kier molecular flexibility index (Phi) is 4.62. The molecule has 6 heteroatoms. The van der Waals surface area contributed by atoms with E-state index >= 15 is 0 Å². The first-order chi connectivity index (χ1) is 11.6. The van der Waals surface area contributed by atoms with E-state index < -0.39 is 0 Å². The lowest BCUT2D eigenvalue weighted by Gasteiger charge is -2.12. The van der Waals surface area contributed by atoms with Crippen LogP contribution in [0.4, 0.5) is 0 Å². The van der Waals surface area contributed by atoms with Gasteiger partial charge in [0.2, 0.25) is 11.6 Å². The summed E-state index contributed by atoms with van der Waals surface area (Å²) in [6, 6.07) is 9.01. The van der Waals surface area contributed by atoms with E-state index in [2.05, 4.69) is 4.98 Å². The van der Waals surface area contributed by atoms with E-state index in [0.717, 1.165) is 5.56 Å². The standard InChI is InChI=1S/C18H16ClNO4/c1-21-15-8-11(9-16(22-2)18(15)23-3)4-7-17-20-13-10-12(19)5-6-14(13)24-17/h4-10H,1-3H3/b7-4+. The van der Waals surface area contributed by atoms with Gasteiger partial charge in [-0.25, -0.2) is 4.98 Å². The van der Waals surface area contributed by atoms with Crippen molar-refractivity contribution in [2.45, 2.75) is 0 Å². The minimum atomic E-state index is 0.487. The van der Waals surface area contributed by atoms with E-state index in [1.165, 1.54) is 0 Å². The van der Waals surface area contributed by atoms with Gasteiger partial charge in [-0.3, -0.25) is 0 Å². The molecule has 3 aromatic rings. The Morgan fingerprint density at radius 1 is 0.958 bits per heavy atom. The van der Waals surface area contributed by atoms with Crippen LogP contribution in [0.1, 0.15) is 11.5 Å². The van der Waals surface area contributed by atoms with Gasteiger partial charge in [0.05, 0.1) is 21.3 Å². The molecule has 1 aromatic heterocycles. The third-order valence-corrected chi connectivity index (χ3v) is 3.71. The third kappa shape index (κ3) is 3.16. The maximum Gasteiger partial charge on any atom is 0.220 e. The number of aromatic nitrogens is 1. The minimum absolute atomic E-state index is 0.487. The normalized spacial score (nSPS) is 11.2. The van der Waals surface area contributed by atoms with Crippen molar-refractivity contribution in [3.8, 4) is 17.2 Å². The molecule has 3 rings (SSSR count). The van der Waals surface area contributed by atoms with Crippen molar-refractivity contribution in [1.29, 1.82) is 0 Å². The van der Waals surface area contributed by atoms with Crippen LogP contribution in [0.25, 0.3) is 23.3 Å². The fraction of sp³-hybridized carbons (Fsp3) is 0.167. The monoisotopic (exact) mass is 345 g/mol. The van der Waals surface area contributed by atoms with Crippen LogP contribution in [0.3, 0.4) is 0 Å². The summed E-state index contributed by atoms with van der Waals surface area (Å²) in [5.41, 5.74) is 2.26. The van der Waals surface area contributed by atoms with Crippen LogP contribution in [0.15, 0.2) is 34.7 Å². The zero-order valence-corrected chi connectivity index (χ0v) is 14.3. The Bertz CT molecular complexity index is 876. The maximum absolute atomic E-state index is 5.96. The van der Waals surface area contributed by atoms with Gasteiger partial charge in [0.25, 0.3) is 0 Å². The van der Waals surface area contributed by atoms with Gasteiger partial charge in [-0.15, -0.1) is 0 Å². The molecule has 0 bridgehead atoms. The predicted molar refractivity (Wildman–Crippen MR) is 94.0 cm³/mol. The number of fused-ring (bicyclic) bond motifs is 1. The molecule has 0 N–H and O–H groups in total. The van der Waals surface area contributed by atoms with Crippen molar-refractivity contribution in [2.75, 3.05) is 21.3 Å².